The third kappa shape index (κ3) is 2.56. The molecule has 0 unspecified atom stereocenters. The first-order chi connectivity index (χ1) is 10.9. The number of carbonyl (C=O) groups excluding carboxylic acids is 1. The van der Waals surface area contributed by atoms with Gasteiger partial charge in [0.15, 0.2) is 0 Å². The van der Waals surface area contributed by atoms with Crippen molar-refractivity contribution in [3.05, 3.63) is 17.7 Å². The SMILES string of the molecule is Cc1nc(NC2(C)CC2)c2c(C(=O)NC3(C)CCC3)coc2n1. The Morgan fingerprint density at radius 2 is 1.91 bits per heavy atom. The van der Waals surface area contributed by atoms with Gasteiger partial charge in [-0.3, -0.25) is 4.79 Å². The molecule has 2 aliphatic carbocycles. The molecule has 2 N–H and O–H groups in total. The third-order valence-corrected chi connectivity index (χ3v) is 5.08. The maximum absolute atomic E-state index is 12.7. The van der Waals surface area contributed by atoms with Crippen molar-refractivity contribution < 1.29 is 9.21 Å². The summed E-state index contributed by atoms with van der Waals surface area (Å²) < 4.78 is 5.54. The van der Waals surface area contributed by atoms with Gasteiger partial charge in [0.2, 0.25) is 5.71 Å². The predicted octanol–water partition coefficient (Wildman–Crippen LogP) is 3.17. The largest absolute Gasteiger partial charge is 0.445 e. The molecule has 2 fully saturated rings. The number of amides is 1. The van der Waals surface area contributed by atoms with Crippen LogP contribution in [0.1, 0.15) is 62.1 Å². The summed E-state index contributed by atoms with van der Waals surface area (Å²) in [6, 6.07) is 0. The van der Waals surface area contributed by atoms with Gasteiger partial charge in [-0.15, -0.1) is 0 Å². The number of aryl methyl sites for hydroxylation is 1. The van der Waals surface area contributed by atoms with Gasteiger partial charge in [0.25, 0.3) is 5.91 Å². The molecule has 122 valence electrons. The molecule has 2 aromatic heterocycles. The fourth-order valence-corrected chi connectivity index (χ4v) is 3.08. The van der Waals surface area contributed by atoms with Crippen LogP contribution in [0.2, 0.25) is 0 Å². The Balaban J connectivity index is 1.73. The van der Waals surface area contributed by atoms with E-state index in [0.717, 1.165) is 32.1 Å². The number of nitrogens with one attached hydrogen (secondary N) is 2. The van der Waals surface area contributed by atoms with Gasteiger partial charge in [-0.1, -0.05) is 0 Å². The highest BCUT2D eigenvalue weighted by atomic mass is 16.3. The van der Waals surface area contributed by atoms with Crippen LogP contribution in [0.25, 0.3) is 11.1 Å². The molecule has 4 rings (SSSR count). The Morgan fingerprint density at radius 1 is 1.17 bits per heavy atom. The molecule has 2 heterocycles. The summed E-state index contributed by atoms with van der Waals surface area (Å²) in [6.45, 7) is 6.07. The quantitative estimate of drug-likeness (QED) is 0.906. The fraction of sp³-hybridized carbons (Fsp3) is 0.588. The minimum atomic E-state index is -0.109. The molecule has 0 spiro atoms. The Hall–Kier alpha value is -2.11. The average Bonchev–Trinajstić information content (AvgIpc) is 3.00. The first-order valence-electron chi connectivity index (χ1n) is 8.24. The molecule has 23 heavy (non-hydrogen) atoms. The topological polar surface area (TPSA) is 80.0 Å². The fourth-order valence-electron chi connectivity index (χ4n) is 3.08. The van der Waals surface area contributed by atoms with Crippen LogP contribution in [-0.4, -0.2) is 27.0 Å². The van der Waals surface area contributed by atoms with Crippen molar-refractivity contribution in [2.45, 2.75) is 64.0 Å². The van der Waals surface area contributed by atoms with Gasteiger partial charge in [-0.05, 0) is 52.9 Å². The predicted molar refractivity (Wildman–Crippen MR) is 87.5 cm³/mol. The molecule has 2 saturated carbocycles. The summed E-state index contributed by atoms with van der Waals surface area (Å²) in [4.78, 5) is 21.5. The highest BCUT2D eigenvalue weighted by molar-refractivity contribution is 6.09. The number of carbonyl (C=O) groups is 1. The minimum absolute atomic E-state index is 0.0681. The lowest BCUT2D eigenvalue weighted by atomic mass is 9.78. The lowest BCUT2D eigenvalue weighted by molar-refractivity contribution is 0.0851. The summed E-state index contributed by atoms with van der Waals surface area (Å²) in [5, 5.41) is 7.27. The van der Waals surface area contributed by atoms with Gasteiger partial charge >= 0.3 is 0 Å². The Morgan fingerprint density at radius 3 is 2.52 bits per heavy atom. The summed E-state index contributed by atoms with van der Waals surface area (Å²) >= 11 is 0. The number of furan rings is 1. The third-order valence-electron chi connectivity index (χ3n) is 5.08. The number of anilines is 1. The maximum Gasteiger partial charge on any atom is 0.255 e. The first kappa shape index (κ1) is 14.5. The van der Waals surface area contributed by atoms with Gasteiger partial charge in [-0.2, -0.15) is 4.98 Å². The summed E-state index contributed by atoms with van der Waals surface area (Å²) in [7, 11) is 0. The lowest BCUT2D eigenvalue weighted by Gasteiger charge is -2.39. The standard InChI is InChI=1S/C17H22N4O2/c1-10-18-13(20-17(3)7-8-17)12-11(9-23-15(12)19-10)14(22)21-16(2)5-4-6-16/h9H,4-8H2,1-3H3,(H,21,22)(H,18,19,20). The highest BCUT2D eigenvalue weighted by Gasteiger charge is 2.39. The van der Waals surface area contributed by atoms with Crippen LogP contribution in [0.15, 0.2) is 10.7 Å². The number of aromatic nitrogens is 2. The summed E-state index contributed by atoms with van der Waals surface area (Å²) in [6.07, 6.45) is 6.91. The van der Waals surface area contributed by atoms with Crippen LogP contribution in [0.4, 0.5) is 5.82 Å². The number of hydrogen-bond donors (Lipinski definition) is 2. The van der Waals surface area contributed by atoms with Crippen molar-refractivity contribution in [3.63, 3.8) is 0 Å². The number of nitrogens with zero attached hydrogens (tertiary/aromatic N) is 2. The van der Waals surface area contributed by atoms with Crippen LogP contribution in [0, 0.1) is 6.92 Å². The number of hydrogen-bond acceptors (Lipinski definition) is 5. The van der Waals surface area contributed by atoms with E-state index in [1.54, 1.807) is 0 Å². The van der Waals surface area contributed by atoms with Crippen molar-refractivity contribution in [2.75, 3.05) is 5.32 Å². The van der Waals surface area contributed by atoms with E-state index in [2.05, 4.69) is 34.4 Å². The van der Waals surface area contributed by atoms with E-state index in [1.165, 1.54) is 6.26 Å². The molecule has 0 atom stereocenters. The van der Waals surface area contributed by atoms with E-state index in [-0.39, 0.29) is 17.0 Å². The zero-order valence-electron chi connectivity index (χ0n) is 13.8. The lowest BCUT2D eigenvalue weighted by Crippen LogP contribution is -2.50. The molecule has 6 heteroatoms. The molecule has 2 aliphatic rings. The van der Waals surface area contributed by atoms with E-state index < -0.39 is 0 Å². The van der Waals surface area contributed by atoms with Crippen LogP contribution in [-0.2, 0) is 0 Å². The van der Waals surface area contributed by atoms with Crippen molar-refractivity contribution in [1.29, 1.82) is 0 Å². The van der Waals surface area contributed by atoms with Crippen LogP contribution < -0.4 is 10.6 Å². The summed E-state index contributed by atoms with van der Waals surface area (Å²) in [5.74, 6) is 1.23. The van der Waals surface area contributed by atoms with Crippen LogP contribution in [0.3, 0.4) is 0 Å². The molecular weight excluding hydrogens is 292 g/mol. The average molecular weight is 314 g/mol. The van der Waals surface area contributed by atoms with Crippen molar-refractivity contribution in [3.8, 4) is 0 Å². The van der Waals surface area contributed by atoms with E-state index in [9.17, 15) is 4.79 Å². The monoisotopic (exact) mass is 314 g/mol. The van der Waals surface area contributed by atoms with Gasteiger partial charge in [0.05, 0.1) is 10.9 Å². The van der Waals surface area contributed by atoms with Crippen LogP contribution in [0.5, 0.6) is 0 Å². The molecule has 6 nitrogen and oxygen atoms in total. The zero-order chi connectivity index (χ0) is 16.2. The molecule has 0 aliphatic heterocycles. The Bertz CT molecular complexity index is 787. The van der Waals surface area contributed by atoms with Gasteiger partial charge < -0.3 is 15.1 Å². The van der Waals surface area contributed by atoms with E-state index >= 15 is 0 Å². The minimum Gasteiger partial charge on any atom is -0.445 e. The number of rotatable bonds is 4. The molecule has 0 aromatic carbocycles. The second kappa shape index (κ2) is 4.69. The molecule has 1 amide bonds. The van der Waals surface area contributed by atoms with Gasteiger partial charge in [0, 0.05) is 11.1 Å². The smallest absolute Gasteiger partial charge is 0.255 e. The van der Waals surface area contributed by atoms with Crippen LogP contribution >= 0.6 is 0 Å². The summed E-state index contributed by atoms with van der Waals surface area (Å²) in [5.41, 5.74) is 0.953. The van der Waals surface area contributed by atoms with E-state index in [4.69, 9.17) is 4.42 Å². The molecule has 2 aromatic rings. The van der Waals surface area contributed by atoms with Crippen molar-refractivity contribution in [2.24, 2.45) is 0 Å². The highest BCUT2D eigenvalue weighted by Crippen LogP contribution is 2.40. The van der Waals surface area contributed by atoms with E-state index in [1.807, 2.05) is 6.92 Å². The molecule has 0 saturated heterocycles. The molecule has 0 bridgehead atoms. The number of fused-ring (bicyclic) bond motifs is 1. The van der Waals surface area contributed by atoms with E-state index in [0.29, 0.717) is 28.3 Å². The molecular formula is C17H22N4O2. The normalized spacial score (nSPS) is 20.8. The first-order valence-corrected chi connectivity index (χ1v) is 8.24. The Kier molecular flexibility index (Phi) is 2.95. The van der Waals surface area contributed by atoms with Crippen molar-refractivity contribution in [1.82, 2.24) is 15.3 Å². The molecule has 0 radical (unpaired) electrons. The van der Waals surface area contributed by atoms with Gasteiger partial charge in [0.1, 0.15) is 17.9 Å². The maximum atomic E-state index is 12.7. The Labute approximate surface area is 135 Å². The van der Waals surface area contributed by atoms with Gasteiger partial charge in [-0.25, -0.2) is 4.98 Å². The van der Waals surface area contributed by atoms with Crippen molar-refractivity contribution >= 4 is 22.8 Å². The second-order valence-corrected chi connectivity index (χ2v) is 7.50. The second-order valence-electron chi connectivity index (χ2n) is 7.50. The zero-order valence-corrected chi connectivity index (χ0v) is 13.8.